The van der Waals surface area contributed by atoms with Crippen LogP contribution in [0.2, 0.25) is 5.02 Å². The molecule has 0 aromatic heterocycles. The van der Waals surface area contributed by atoms with E-state index in [4.69, 9.17) is 17.3 Å². The molecule has 19 heavy (non-hydrogen) atoms. The van der Waals surface area contributed by atoms with E-state index in [1.807, 2.05) is 12.1 Å². The molecule has 1 fully saturated rings. The molecule has 0 unspecified atom stereocenters. The molecule has 2 rings (SSSR count). The fraction of sp³-hybridized carbons (Fsp3) is 0.533. The summed E-state index contributed by atoms with van der Waals surface area (Å²) in [5.74, 6) is 0.564. The lowest BCUT2D eigenvalue weighted by Gasteiger charge is -2.14. The first-order valence-electron chi connectivity index (χ1n) is 6.96. The van der Waals surface area contributed by atoms with Crippen molar-refractivity contribution in [2.24, 2.45) is 10.7 Å². The summed E-state index contributed by atoms with van der Waals surface area (Å²) < 4.78 is 0. The summed E-state index contributed by atoms with van der Waals surface area (Å²) in [5, 5.41) is 3.93. The Morgan fingerprint density at radius 1 is 1.37 bits per heavy atom. The Kier molecular flexibility index (Phi) is 4.70. The van der Waals surface area contributed by atoms with Gasteiger partial charge in [-0.05, 0) is 37.0 Å². The Hall–Kier alpha value is -1.22. The first-order chi connectivity index (χ1) is 9.16. The van der Waals surface area contributed by atoms with Gasteiger partial charge in [0.25, 0.3) is 0 Å². The van der Waals surface area contributed by atoms with Gasteiger partial charge in [0.2, 0.25) is 0 Å². The quantitative estimate of drug-likeness (QED) is 0.478. The van der Waals surface area contributed by atoms with Crippen molar-refractivity contribution >= 4 is 17.6 Å². The van der Waals surface area contributed by atoms with E-state index in [1.54, 1.807) is 0 Å². The van der Waals surface area contributed by atoms with Gasteiger partial charge < -0.3 is 11.1 Å². The Morgan fingerprint density at radius 2 is 2.05 bits per heavy atom. The fourth-order valence-corrected chi connectivity index (χ4v) is 2.30. The average Bonchev–Trinajstić information content (AvgIpc) is 3.19. The highest BCUT2D eigenvalue weighted by Crippen LogP contribution is 2.48. The SMILES string of the molecule is CCCCNC(N)=NCC1(c2ccc(Cl)cc2)CC1. The molecule has 1 aliphatic rings. The highest BCUT2D eigenvalue weighted by atomic mass is 35.5. The Balaban J connectivity index is 1.91. The van der Waals surface area contributed by atoms with Crippen molar-refractivity contribution in [3.8, 4) is 0 Å². The van der Waals surface area contributed by atoms with Crippen LogP contribution < -0.4 is 11.1 Å². The van der Waals surface area contributed by atoms with Crippen LogP contribution in [0, 0.1) is 0 Å². The van der Waals surface area contributed by atoms with Gasteiger partial charge >= 0.3 is 0 Å². The summed E-state index contributed by atoms with van der Waals surface area (Å²) in [6, 6.07) is 8.10. The molecule has 3 nitrogen and oxygen atoms in total. The molecule has 1 aliphatic carbocycles. The molecule has 1 aromatic carbocycles. The molecule has 0 bridgehead atoms. The van der Waals surface area contributed by atoms with E-state index >= 15 is 0 Å². The van der Waals surface area contributed by atoms with E-state index in [2.05, 4.69) is 29.4 Å². The molecule has 0 aliphatic heterocycles. The molecule has 0 spiro atoms. The largest absolute Gasteiger partial charge is 0.370 e. The number of aliphatic imine (C=N–C) groups is 1. The van der Waals surface area contributed by atoms with Crippen molar-refractivity contribution in [3.05, 3.63) is 34.9 Å². The molecule has 104 valence electrons. The second-order valence-electron chi connectivity index (χ2n) is 5.27. The minimum atomic E-state index is 0.196. The molecule has 0 heterocycles. The van der Waals surface area contributed by atoms with Crippen LogP contribution in [0.25, 0.3) is 0 Å². The van der Waals surface area contributed by atoms with Crippen molar-refractivity contribution in [2.45, 2.75) is 38.0 Å². The van der Waals surface area contributed by atoms with Crippen LogP contribution in [-0.4, -0.2) is 19.0 Å². The fourth-order valence-electron chi connectivity index (χ4n) is 2.18. The second kappa shape index (κ2) is 6.29. The van der Waals surface area contributed by atoms with Crippen LogP contribution in [0.5, 0.6) is 0 Å². The highest BCUT2D eigenvalue weighted by Gasteiger charge is 2.44. The first-order valence-corrected chi connectivity index (χ1v) is 7.34. The molecule has 0 saturated heterocycles. The van der Waals surface area contributed by atoms with E-state index in [1.165, 1.54) is 18.4 Å². The summed E-state index contributed by atoms with van der Waals surface area (Å²) >= 11 is 5.92. The number of nitrogens with two attached hydrogens (primary N) is 1. The minimum Gasteiger partial charge on any atom is -0.370 e. The zero-order valence-electron chi connectivity index (χ0n) is 11.5. The summed E-state index contributed by atoms with van der Waals surface area (Å²) in [6.07, 6.45) is 4.65. The average molecular weight is 280 g/mol. The zero-order chi connectivity index (χ0) is 13.7. The lowest BCUT2D eigenvalue weighted by molar-refractivity contribution is 0.694. The third-order valence-corrected chi connectivity index (χ3v) is 3.95. The van der Waals surface area contributed by atoms with Crippen LogP contribution in [-0.2, 0) is 5.41 Å². The van der Waals surface area contributed by atoms with E-state index in [0.29, 0.717) is 5.96 Å². The molecule has 0 amide bonds. The van der Waals surface area contributed by atoms with Crippen LogP contribution in [0.15, 0.2) is 29.3 Å². The van der Waals surface area contributed by atoms with Crippen molar-refractivity contribution in [1.29, 1.82) is 0 Å². The summed E-state index contributed by atoms with van der Waals surface area (Å²) in [6.45, 7) is 3.83. The number of hydrogen-bond acceptors (Lipinski definition) is 1. The van der Waals surface area contributed by atoms with Gasteiger partial charge in [-0.1, -0.05) is 37.1 Å². The van der Waals surface area contributed by atoms with E-state index in [0.717, 1.165) is 31.0 Å². The number of guanidine groups is 1. The molecule has 4 heteroatoms. The smallest absolute Gasteiger partial charge is 0.188 e. The summed E-state index contributed by atoms with van der Waals surface area (Å²) in [4.78, 5) is 4.48. The van der Waals surface area contributed by atoms with Crippen molar-refractivity contribution in [3.63, 3.8) is 0 Å². The summed E-state index contributed by atoms with van der Waals surface area (Å²) in [7, 11) is 0. The maximum atomic E-state index is 5.92. The van der Waals surface area contributed by atoms with Crippen LogP contribution in [0.1, 0.15) is 38.2 Å². The Bertz CT molecular complexity index is 435. The van der Waals surface area contributed by atoms with Crippen molar-refractivity contribution < 1.29 is 0 Å². The van der Waals surface area contributed by atoms with Gasteiger partial charge in [0, 0.05) is 17.0 Å². The van der Waals surface area contributed by atoms with Crippen molar-refractivity contribution in [1.82, 2.24) is 5.32 Å². The number of nitrogens with zero attached hydrogens (tertiary/aromatic N) is 1. The molecule has 0 atom stereocenters. The van der Waals surface area contributed by atoms with E-state index < -0.39 is 0 Å². The third kappa shape index (κ3) is 3.87. The van der Waals surface area contributed by atoms with Gasteiger partial charge in [0.05, 0.1) is 6.54 Å². The van der Waals surface area contributed by atoms with Gasteiger partial charge in [-0.15, -0.1) is 0 Å². The topological polar surface area (TPSA) is 50.4 Å². The maximum Gasteiger partial charge on any atom is 0.188 e. The van der Waals surface area contributed by atoms with Crippen molar-refractivity contribution in [2.75, 3.05) is 13.1 Å². The van der Waals surface area contributed by atoms with Gasteiger partial charge in [-0.25, -0.2) is 0 Å². The number of benzene rings is 1. The van der Waals surface area contributed by atoms with Gasteiger partial charge in [0.1, 0.15) is 0 Å². The van der Waals surface area contributed by atoms with Gasteiger partial charge in [-0.2, -0.15) is 0 Å². The van der Waals surface area contributed by atoms with Gasteiger partial charge in [-0.3, -0.25) is 4.99 Å². The van der Waals surface area contributed by atoms with Gasteiger partial charge in [0.15, 0.2) is 5.96 Å². The molecular formula is C15H22ClN3. The molecule has 0 radical (unpaired) electrons. The standard InChI is InChI=1S/C15H22ClN3/c1-2-3-10-18-14(17)19-11-15(8-9-15)12-4-6-13(16)7-5-12/h4-7H,2-3,8-11H2,1H3,(H3,17,18,19). The zero-order valence-corrected chi connectivity index (χ0v) is 12.2. The van der Waals surface area contributed by atoms with Crippen LogP contribution in [0.4, 0.5) is 0 Å². The molecule has 1 saturated carbocycles. The minimum absolute atomic E-state index is 0.196. The van der Waals surface area contributed by atoms with E-state index in [-0.39, 0.29) is 5.41 Å². The normalized spacial score (nSPS) is 17.3. The predicted molar refractivity (Wildman–Crippen MR) is 81.8 cm³/mol. The lowest BCUT2D eigenvalue weighted by Crippen LogP contribution is -2.33. The number of unbranched alkanes of at least 4 members (excludes halogenated alkanes) is 1. The molecule has 1 aromatic rings. The molecule has 3 N–H and O–H groups in total. The van der Waals surface area contributed by atoms with Crippen LogP contribution >= 0.6 is 11.6 Å². The number of nitrogens with one attached hydrogen (secondary N) is 1. The monoisotopic (exact) mass is 279 g/mol. The first kappa shape index (κ1) is 14.2. The lowest BCUT2D eigenvalue weighted by atomic mass is 9.96. The third-order valence-electron chi connectivity index (χ3n) is 3.70. The molecular weight excluding hydrogens is 258 g/mol. The number of halogens is 1. The maximum absolute atomic E-state index is 5.92. The predicted octanol–water partition coefficient (Wildman–Crippen LogP) is 3.08. The van der Waals surface area contributed by atoms with E-state index in [9.17, 15) is 0 Å². The Labute approximate surface area is 120 Å². The highest BCUT2D eigenvalue weighted by molar-refractivity contribution is 6.30. The number of rotatable bonds is 6. The number of hydrogen-bond donors (Lipinski definition) is 2. The summed E-state index contributed by atoms with van der Waals surface area (Å²) in [5.41, 5.74) is 7.39. The second-order valence-corrected chi connectivity index (χ2v) is 5.71. The van der Waals surface area contributed by atoms with Crippen LogP contribution in [0.3, 0.4) is 0 Å². The Morgan fingerprint density at radius 3 is 2.63 bits per heavy atom.